The third kappa shape index (κ3) is 7.27. The van der Waals surface area contributed by atoms with Crippen molar-refractivity contribution in [3.8, 4) is 0 Å². The minimum atomic E-state index is -0.510. The van der Waals surface area contributed by atoms with E-state index in [1.54, 1.807) is 13.8 Å². The Balaban J connectivity index is 3.56. The van der Waals surface area contributed by atoms with Gasteiger partial charge >= 0.3 is 5.97 Å². The van der Waals surface area contributed by atoms with Crippen LogP contribution in [0.3, 0.4) is 0 Å². The van der Waals surface area contributed by atoms with E-state index >= 15 is 0 Å². The van der Waals surface area contributed by atoms with Gasteiger partial charge in [-0.15, -0.1) is 0 Å². The zero-order chi connectivity index (χ0) is 10.3. The average molecular weight is 188 g/mol. The van der Waals surface area contributed by atoms with E-state index in [4.69, 9.17) is 5.73 Å². The molecule has 0 saturated heterocycles. The molecule has 0 rings (SSSR count). The maximum atomic E-state index is 11.0. The molecule has 5 heteroatoms. The van der Waals surface area contributed by atoms with Crippen molar-refractivity contribution in [3.63, 3.8) is 0 Å². The summed E-state index contributed by atoms with van der Waals surface area (Å²) in [4.78, 5) is 21.7. The van der Waals surface area contributed by atoms with Crippen LogP contribution in [0.5, 0.6) is 0 Å². The molecule has 0 aromatic carbocycles. The molecule has 0 spiro atoms. The first-order valence-corrected chi connectivity index (χ1v) is 4.24. The zero-order valence-corrected chi connectivity index (χ0v) is 8.00. The Morgan fingerprint density at radius 2 is 2.15 bits per heavy atom. The smallest absolute Gasteiger partial charge is 0.315 e. The monoisotopic (exact) mass is 188 g/mol. The number of hydrogen-bond acceptors (Lipinski definition) is 4. The minimum absolute atomic E-state index is 0.105. The summed E-state index contributed by atoms with van der Waals surface area (Å²) < 4.78 is 4.59. The Morgan fingerprint density at radius 1 is 1.54 bits per heavy atom. The Bertz CT molecular complexity index is 180. The van der Waals surface area contributed by atoms with Gasteiger partial charge in [-0.3, -0.25) is 9.59 Å². The van der Waals surface area contributed by atoms with Gasteiger partial charge in [-0.1, -0.05) is 0 Å². The van der Waals surface area contributed by atoms with Crippen molar-refractivity contribution < 1.29 is 14.3 Å². The fourth-order valence-corrected chi connectivity index (χ4v) is 0.680. The lowest BCUT2D eigenvalue weighted by Gasteiger charge is -2.06. The van der Waals surface area contributed by atoms with Gasteiger partial charge in [0.05, 0.1) is 6.61 Å². The van der Waals surface area contributed by atoms with Gasteiger partial charge in [0.25, 0.3) is 0 Å². The summed E-state index contributed by atoms with van der Waals surface area (Å²) in [6, 6.07) is -0.105. The molecule has 0 aliphatic rings. The maximum Gasteiger partial charge on any atom is 0.315 e. The summed E-state index contributed by atoms with van der Waals surface area (Å²) in [6.07, 6.45) is -0.236. The molecule has 0 aliphatic heterocycles. The van der Waals surface area contributed by atoms with Gasteiger partial charge in [0.2, 0.25) is 5.91 Å². The summed E-state index contributed by atoms with van der Waals surface area (Å²) in [5.41, 5.74) is 5.40. The van der Waals surface area contributed by atoms with Gasteiger partial charge < -0.3 is 15.8 Å². The highest BCUT2D eigenvalue weighted by Gasteiger charge is 2.09. The molecule has 0 unspecified atom stereocenters. The van der Waals surface area contributed by atoms with Crippen LogP contribution < -0.4 is 11.1 Å². The Hall–Kier alpha value is -1.10. The molecule has 0 aliphatic carbocycles. The number of esters is 1. The maximum absolute atomic E-state index is 11.0. The molecule has 0 bridgehead atoms. The molecule has 0 heterocycles. The summed E-state index contributed by atoms with van der Waals surface area (Å²) in [7, 11) is 0. The van der Waals surface area contributed by atoms with Crippen LogP contribution >= 0.6 is 0 Å². The topological polar surface area (TPSA) is 81.4 Å². The van der Waals surface area contributed by atoms with Crippen LogP contribution in [-0.2, 0) is 14.3 Å². The molecule has 0 saturated carbocycles. The van der Waals surface area contributed by atoms with Gasteiger partial charge in [-0.05, 0) is 13.8 Å². The molecule has 13 heavy (non-hydrogen) atoms. The number of carbonyl (C=O) groups excluding carboxylic acids is 2. The number of nitrogens with one attached hydrogen (secondary N) is 1. The summed E-state index contributed by atoms with van der Waals surface area (Å²) >= 11 is 0. The van der Waals surface area contributed by atoms with E-state index in [0.29, 0.717) is 13.2 Å². The minimum Gasteiger partial charge on any atom is -0.466 e. The predicted molar refractivity (Wildman–Crippen MR) is 47.9 cm³/mol. The number of ether oxygens (including phenoxy) is 1. The van der Waals surface area contributed by atoms with Crippen LogP contribution in [0.4, 0.5) is 0 Å². The second-order valence-electron chi connectivity index (χ2n) is 2.76. The molecular weight excluding hydrogens is 172 g/mol. The van der Waals surface area contributed by atoms with Crippen molar-refractivity contribution in [3.05, 3.63) is 0 Å². The molecule has 76 valence electrons. The highest BCUT2D eigenvalue weighted by molar-refractivity contribution is 5.94. The fourth-order valence-electron chi connectivity index (χ4n) is 0.680. The van der Waals surface area contributed by atoms with Crippen LogP contribution in [0.2, 0.25) is 0 Å². The second-order valence-corrected chi connectivity index (χ2v) is 2.76. The molecule has 3 N–H and O–H groups in total. The molecule has 0 aromatic heterocycles. The number of rotatable bonds is 5. The Labute approximate surface area is 77.6 Å². The first-order chi connectivity index (χ1) is 6.06. The summed E-state index contributed by atoms with van der Waals surface area (Å²) in [6.45, 7) is 4.13. The van der Waals surface area contributed by atoms with E-state index in [0.717, 1.165) is 0 Å². The number of amides is 1. The van der Waals surface area contributed by atoms with E-state index in [1.165, 1.54) is 0 Å². The van der Waals surface area contributed by atoms with E-state index < -0.39 is 5.97 Å². The highest BCUT2D eigenvalue weighted by atomic mass is 16.5. The second kappa shape index (κ2) is 6.42. The van der Waals surface area contributed by atoms with Crippen molar-refractivity contribution in [2.45, 2.75) is 26.3 Å². The van der Waals surface area contributed by atoms with Gasteiger partial charge in [0.1, 0.15) is 6.42 Å². The van der Waals surface area contributed by atoms with Crippen LogP contribution in [0.25, 0.3) is 0 Å². The largest absolute Gasteiger partial charge is 0.466 e. The van der Waals surface area contributed by atoms with Crippen molar-refractivity contribution in [2.75, 3.05) is 13.2 Å². The average Bonchev–Trinajstić information content (AvgIpc) is 2.01. The third-order valence-electron chi connectivity index (χ3n) is 1.23. The molecule has 0 aromatic rings. The SMILES string of the molecule is CCOC(=O)CC(=O)NC[C@@H](C)N. The van der Waals surface area contributed by atoms with Crippen LogP contribution in [0.1, 0.15) is 20.3 Å². The van der Waals surface area contributed by atoms with Gasteiger partial charge in [-0.25, -0.2) is 0 Å². The Morgan fingerprint density at radius 3 is 2.62 bits per heavy atom. The number of nitrogens with two attached hydrogens (primary N) is 1. The van der Waals surface area contributed by atoms with Gasteiger partial charge in [-0.2, -0.15) is 0 Å². The lowest BCUT2D eigenvalue weighted by Crippen LogP contribution is -2.36. The molecule has 5 nitrogen and oxygen atoms in total. The standard InChI is InChI=1S/C8H16N2O3/c1-3-13-8(12)4-7(11)10-5-6(2)9/h6H,3-5,9H2,1-2H3,(H,10,11)/t6-/m1/s1. The molecule has 0 radical (unpaired) electrons. The van der Waals surface area contributed by atoms with Crippen LogP contribution in [-0.4, -0.2) is 31.1 Å². The molecule has 0 fully saturated rings. The number of hydrogen-bond donors (Lipinski definition) is 2. The van der Waals surface area contributed by atoms with Crippen molar-refractivity contribution in [1.82, 2.24) is 5.32 Å². The summed E-state index contributed by atoms with van der Waals surface area (Å²) in [5, 5.41) is 2.51. The van der Waals surface area contributed by atoms with E-state index in [-0.39, 0.29) is 18.4 Å². The Kier molecular flexibility index (Phi) is 5.88. The molecule has 1 atom stereocenters. The number of carbonyl (C=O) groups is 2. The van der Waals surface area contributed by atoms with Gasteiger partial charge in [0, 0.05) is 12.6 Å². The quantitative estimate of drug-likeness (QED) is 0.446. The first-order valence-electron chi connectivity index (χ1n) is 4.24. The summed E-state index contributed by atoms with van der Waals surface area (Å²) in [5.74, 6) is -0.861. The lowest BCUT2D eigenvalue weighted by atomic mass is 10.3. The third-order valence-corrected chi connectivity index (χ3v) is 1.23. The van der Waals surface area contributed by atoms with E-state index in [1.807, 2.05) is 0 Å². The van der Waals surface area contributed by atoms with E-state index in [9.17, 15) is 9.59 Å². The van der Waals surface area contributed by atoms with E-state index in [2.05, 4.69) is 10.1 Å². The normalized spacial score (nSPS) is 11.9. The zero-order valence-electron chi connectivity index (χ0n) is 8.00. The van der Waals surface area contributed by atoms with Crippen molar-refractivity contribution in [2.24, 2.45) is 5.73 Å². The first kappa shape index (κ1) is 11.9. The molecule has 1 amide bonds. The van der Waals surface area contributed by atoms with Crippen molar-refractivity contribution in [1.29, 1.82) is 0 Å². The predicted octanol–water partition coefficient (Wildman–Crippen LogP) is -0.597. The molecular formula is C8H16N2O3. The van der Waals surface area contributed by atoms with Crippen molar-refractivity contribution >= 4 is 11.9 Å². The fraction of sp³-hybridized carbons (Fsp3) is 0.750. The van der Waals surface area contributed by atoms with Crippen LogP contribution in [0.15, 0.2) is 0 Å². The lowest BCUT2D eigenvalue weighted by molar-refractivity contribution is -0.145. The highest BCUT2D eigenvalue weighted by Crippen LogP contribution is 1.86. The van der Waals surface area contributed by atoms with Gasteiger partial charge in [0.15, 0.2) is 0 Å². The van der Waals surface area contributed by atoms with Crippen LogP contribution in [0, 0.1) is 0 Å².